The Hall–Kier alpha value is -0.570. The van der Waals surface area contributed by atoms with Crippen molar-refractivity contribution in [3.63, 3.8) is 0 Å². The van der Waals surface area contributed by atoms with Gasteiger partial charge in [-0.15, -0.1) is 0 Å². The molecule has 2 atom stereocenters. The molecule has 1 rings (SSSR count). The molecular weight excluding hydrogens is 130 g/mol. The maximum Gasteiger partial charge on any atom is 0.323 e. The van der Waals surface area contributed by atoms with Crippen LogP contribution in [0, 0.1) is 11.8 Å². The van der Waals surface area contributed by atoms with E-state index in [0.29, 0.717) is 12.5 Å². The minimum Gasteiger partial charge on any atom is -0.464 e. The van der Waals surface area contributed by atoms with Gasteiger partial charge in [-0.2, -0.15) is 0 Å². The van der Waals surface area contributed by atoms with E-state index in [4.69, 9.17) is 10.5 Å². The molecule has 58 valence electrons. The second-order valence-corrected chi connectivity index (χ2v) is 3.06. The summed E-state index contributed by atoms with van der Waals surface area (Å²) in [5.74, 6) is 0.396. The van der Waals surface area contributed by atoms with Crippen LogP contribution >= 0.6 is 0 Å². The van der Waals surface area contributed by atoms with E-state index in [2.05, 4.69) is 0 Å². The van der Waals surface area contributed by atoms with Crippen molar-refractivity contribution >= 4 is 5.97 Å². The Kier molecular flexibility index (Phi) is 1.94. The van der Waals surface area contributed by atoms with E-state index in [1.807, 2.05) is 13.8 Å². The second kappa shape index (κ2) is 2.58. The third-order valence-corrected chi connectivity index (χ3v) is 2.01. The maximum atomic E-state index is 10.7. The lowest BCUT2D eigenvalue weighted by Crippen LogP contribution is -2.34. The van der Waals surface area contributed by atoms with E-state index in [9.17, 15) is 4.79 Å². The van der Waals surface area contributed by atoms with Gasteiger partial charge in [-0.1, -0.05) is 13.8 Å². The Balaban J connectivity index is 2.57. The molecule has 0 bridgehead atoms. The van der Waals surface area contributed by atoms with Gasteiger partial charge in [0.1, 0.15) is 6.04 Å². The molecule has 0 amide bonds. The van der Waals surface area contributed by atoms with Crippen LogP contribution in [0.1, 0.15) is 13.8 Å². The van der Waals surface area contributed by atoms with Crippen molar-refractivity contribution < 1.29 is 9.53 Å². The lowest BCUT2D eigenvalue weighted by atomic mass is 9.92. The number of hydrogen-bond donors (Lipinski definition) is 1. The average molecular weight is 143 g/mol. The quantitative estimate of drug-likeness (QED) is 0.531. The van der Waals surface area contributed by atoms with Crippen LogP contribution in [0.5, 0.6) is 0 Å². The van der Waals surface area contributed by atoms with Gasteiger partial charge in [0.05, 0.1) is 6.61 Å². The maximum absolute atomic E-state index is 10.7. The minimum atomic E-state index is -0.389. The van der Waals surface area contributed by atoms with Crippen molar-refractivity contribution in [2.45, 2.75) is 19.9 Å². The summed E-state index contributed by atoms with van der Waals surface area (Å²) in [6.45, 7) is 4.59. The van der Waals surface area contributed by atoms with Gasteiger partial charge in [-0.25, -0.2) is 0 Å². The zero-order chi connectivity index (χ0) is 7.72. The van der Waals surface area contributed by atoms with Crippen LogP contribution in [0.4, 0.5) is 0 Å². The number of ether oxygens (including phenoxy) is 1. The van der Waals surface area contributed by atoms with Crippen molar-refractivity contribution in [3.8, 4) is 0 Å². The summed E-state index contributed by atoms with van der Waals surface area (Å²) < 4.78 is 4.78. The van der Waals surface area contributed by atoms with Crippen LogP contribution in [0.25, 0.3) is 0 Å². The number of nitrogens with two attached hydrogens (primary N) is 1. The van der Waals surface area contributed by atoms with E-state index in [1.54, 1.807) is 0 Å². The first kappa shape index (κ1) is 7.54. The van der Waals surface area contributed by atoms with Gasteiger partial charge in [-0.3, -0.25) is 4.79 Å². The van der Waals surface area contributed by atoms with E-state index in [-0.39, 0.29) is 17.9 Å². The van der Waals surface area contributed by atoms with E-state index in [1.165, 1.54) is 0 Å². The highest BCUT2D eigenvalue weighted by Crippen LogP contribution is 2.20. The van der Waals surface area contributed by atoms with Gasteiger partial charge >= 0.3 is 5.97 Å². The van der Waals surface area contributed by atoms with Gasteiger partial charge in [0, 0.05) is 5.92 Å². The average Bonchev–Trinajstić information content (AvgIpc) is 2.14. The topological polar surface area (TPSA) is 52.3 Å². The molecule has 1 saturated heterocycles. The molecule has 0 aliphatic carbocycles. The molecule has 1 aliphatic rings. The number of esters is 1. The molecule has 1 unspecified atom stereocenters. The second-order valence-electron chi connectivity index (χ2n) is 3.06. The van der Waals surface area contributed by atoms with Crippen molar-refractivity contribution in [3.05, 3.63) is 0 Å². The van der Waals surface area contributed by atoms with Crippen LogP contribution in [0.15, 0.2) is 0 Å². The monoisotopic (exact) mass is 143 g/mol. The van der Waals surface area contributed by atoms with Gasteiger partial charge in [0.15, 0.2) is 0 Å². The fraction of sp³-hybridized carbons (Fsp3) is 0.857. The fourth-order valence-electron chi connectivity index (χ4n) is 1.16. The Morgan fingerprint density at radius 1 is 1.70 bits per heavy atom. The third-order valence-electron chi connectivity index (χ3n) is 2.01. The molecule has 0 spiro atoms. The number of rotatable bonds is 1. The van der Waals surface area contributed by atoms with Crippen LogP contribution in [0.3, 0.4) is 0 Å². The summed E-state index contributed by atoms with van der Waals surface area (Å²) in [6.07, 6.45) is 0. The molecule has 0 aromatic carbocycles. The smallest absolute Gasteiger partial charge is 0.323 e. The summed E-state index contributed by atoms with van der Waals surface area (Å²) in [5, 5.41) is 0. The van der Waals surface area contributed by atoms with Crippen molar-refractivity contribution in [2.75, 3.05) is 6.61 Å². The molecule has 0 radical (unpaired) electrons. The van der Waals surface area contributed by atoms with Crippen molar-refractivity contribution in [2.24, 2.45) is 17.6 Å². The molecule has 0 aromatic rings. The number of hydrogen-bond acceptors (Lipinski definition) is 3. The summed E-state index contributed by atoms with van der Waals surface area (Å²) in [4.78, 5) is 10.7. The summed E-state index contributed by atoms with van der Waals surface area (Å²) in [6, 6.07) is -0.389. The first-order valence-electron chi connectivity index (χ1n) is 3.55. The van der Waals surface area contributed by atoms with E-state index < -0.39 is 0 Å². The molecule has 3 nitrogen and oxygen atoms in total. The fourth-order valence-corrected chi connectivity index (χ4v) is 1.16. The SMILES string of the molecule is CC(C)[C@H]1COC(=O)C1N. The van der Waals surface area contributed by atoms with Gasteiger partial charge in [-0.05, 0) is 5.92 Å². The van der Waals surface area contributed by atoms with Crippen LogP contribution < -0.4 is 5.73 Å². The van der Waals surface area contributed by atoms with Gasteiger partial charge in [0.2, 0.25) is 0 Å². The van der Waals surface area contributed by atoms with E-state index in [0.717, 1.165) is 0 Å². The largest absolute Gasteiger partial charge is 0.464 e. The standard InChI is InChI=1S/C7H13NO2/c1-4(2)5-3-10-7(9)6(5)8/h4-6H,3,8H2,1-2H3/t5-,6?/m1/s1. The molecule has 2 N–H and O–H groups in total. The molecule has 1 heterocycles. The Labute approximate surface area is 60.5 Å². The van der Waals surface area contributed by atoms with E-state index >= 15 is 0 Å². The summed E-state index contributed by atoms with van der Waals surface area (Å²) in [5.41, 5.74) is 5.55. The first-order valence-corrected chi connectivity index (χ1v) is 3.55. The Morgan fingerprint density at radius 3 is 2.50 bits per heavy atom. The molecule has 1 aliphatic heterocycles. The lowest BCUT2D eigenvalue weighted by molar-refractivity contribution is -0.139. The third kappa shape index (κ3) is 1.14. The van der Waals surface area contributed by atoms with Gasteiger partial charge in [0.25, 0.3) is 0 Å². The predicted molar refractivity (Wildman–Crippen MR) is 37.3 cm³/mol. The molecule has 10 heavy (non-hydrogen) atoms. The summed E-state index contributed by atoms with van der Waals surface area (Å²) >= 11 is 0. The molecule has 3 heteroatoms. The van der Waals surface area contributed by atoms with Crippen molar-refractivity contribution in [1.29, 1.82) is 0 Å². The summed E-state index contributed by atoms with van der Waals surface area (Å²) in [7, 11) is 0. The first-order chi connectivity index (χ1) is 4.63. The Bertz CT molecular complexity index is 145. The van der Waals surface area contributed by atoms with Crippen molar-refractivity contribution in [1.82, 2.24) is 0 Å². The van der Waals surface area contributed by atoms with Gasteiger partial charge < -0.3 is 10.5 Å². The molecule has 0 saturated carbocycles. The molecular formula is C7H13NO2. The highest BCUT2D eigenvalue weighted by molar-refractivity contribution is 5.77. The number of carbonyl (C=O) groups excluding carboxylic acids is 1. The molecule has 1 fully saturated rings. The normalized spacial score (nSPS) is 33.0. The van der Waals surface area contributed by atoms with Crippen LogP contribution in [-0.2, 0) is 9.53 Å². The minimum absolute atomic E-state index is 0.215. The van der Waals surface area contributed by atoms with Crippen LogP contribution in [0.2, 0.25) is 0 Å². The predicted octanol–water partition coefficient (Wildman–Crippen LogP) is 0.143. The zero-order valence-corrected chi connectivity index (χ0v) is 6.33. The molecule has 0 aromatic heterocycles. The Morgan fingerprint density at radius 2 is 2.30 bits per heavy atom. The van der Waals surface area contributed by atoms with Crippen LogP contribution in [-0.4, -0.2) is 18.6 Å². The lowest BCUT2D eigenvalue weighted by Gasteiger charge is -2.13. The zero-order valence-electron chi connectivity index (χ0n) is 6.33. The highest BCUT2D eigenvalue weighted by atomic mass is 16.5. The number of cyclic esters (lactones) is 1. The number of carbonyl (C=O) groups is 1. The highest BCUT2D eigenvalue weighted by Gasteiger charge is 2.35.